The largest absolute Gasteiger partial charge is 0.444 e. The van der Waals surface area contributed by atoms with E-state index < -0.39 is 12.2 Å². The van der Waals surface area contributed by atoms with Gasteiger partial charge < -0.3 is 20.1 Å². The monoisotopic (exact) mass is 328 g/mol. The molecular weight excluding hydrogens is 306 g/mol. The van der Waals surface area contributed by atoms with E-state index in [-0.39, 0.29) is 23.8 Å². The number of halogens is 2. The standard InChI is InChI=1S/C16H22F2N2O3/c1-16(2,3)23-15(21)20-8-11(9-20)13(19)10-4-6-12(7-5-10)22-14(17)18/h4-7,11,13-14H,8-9,19H2,1-3H3/t13-/m1/s1. The van der Waals surface area contributed by atoms with Crippen molar-refractivity contribution in [3.63, 3.8) is 0 Å². The van der Waals surface area contributed by atoms with Gasteiger partial charge in [-0.15, -0.1) is 0 Å². The molecule has 1 saturated heterocycles. The molecule has 0 aliphatic carbocycles. The highest BCUT2D eigenvalue weighted by molar-refractivity contribution is 5.69. The highest BCUT2D eigenvalue weighted by Gasteiger charge is 2.37. The summed E-state index contributed by atoms with van der Waals surface area (Å²) >= 11 is 0. The van der Waals surface area contributed by atoms with E-state index in [0.29, 0.717) is 13.1 Å². The van der Waals surface area contributed by atoms with Crippen LogP contribution in [0.5, 0.6) is 5.75 Å². The highest BCUT2D eigenvalue weighted by Crippen LogP contribution is 2.30. The minimum Gasteiger partial charge on any atom is -0.444 e. The van der Waals surface area contributed by atoms with Gasteiger partial charge in [-0.1, -0.05) is 12.1 Å². The molecule has 2 rings (SSSR count). The lowest BCUT2D eigenvalue weighted by Crippen LogP contribution is -2.54. The number of rotatable bonds is 4. The van der Waals surface area contributed by atoms with Gasteiger partial charge in [-0.05, 0) is 38.5 Å². The molecule has 5 nitrogen and oxygen atoms in total. The third-order valence-electron chi connectivity index (χ3n) is 3.56. The van der Waals surface area contributed by atoms with Crippen molar-refractivity contribution >= 4 is 6.09 Å². The van der Waals surface area contributed by atoms with Crippen LogP contribution in [0.3, 0.4) is 0 Å². The SMILES string of the molecule is CC(C)(C)OC(=O)N1CC([C@H](N)c2ccc(OC(F)F)cc2)C1. The fourth-order valence-corrected chi connectivity index (χ4v) is 2.36. The van der Waals surface area contributed by atoms with Crippen LogP contribution in [0.25, 0.3) is 0 Å². The highest BCUT2D eigenvalue weighted by atomic mass is 19.3. The molecule has 1 aliphatic rings. The van der Waals surface area contributed by atoms with Gasteiger partial charge in [0.05, 0.1) is 0 Å². The van der Waals surface area contributed by atoms with Crippen molar-refractivity contribution in [3.05, 3.63) is 29.8 Å². The summed E-state index contributed by atoms with van der Waals surface area (Å²) in [6, 6.07) is 5.99. The summed E-state index contributed by atoms with van der Waals surface area (Å²) in [4.78, 5) is 13.5. The molecule has 0 spiro atoms. The summed E-state index contributed by atoms with van der Waals surface area (Å²) in [5, 5.41) is 0. The Bertz CT molecular complexity index is 537. The molecular formula is C16H22F2N2O3. The number of nitrogens with zero attached hydrogens (tertiary/aromatic N) is 1. The summed E-state index contributed by atoms with van der Waals surface area (Å²) in [6.45, 7) is 3.64. The molecule has 1 fully saturated rings. The summed E-state index contributed by atoms with van der Waals surface area (Å²) in [5.41, 5.74) is 6.47. The van der Waals surface area contributed by atoms with E-state index >= 15 is 0 Å². The average Bonchev–Trinajstić information content (AvgIpc) is 2.34. The van der Waals surface area contributed by atoms with Crippen molar-refractivity contribution in [3.8, 4) is 5.75 Å². The first-order valence-electron chi connectivity index (χ1n) is 7.44. The van der Waals surface area contributed by atoms with Crippen molar-refractivity contribution in [2.45, 2.75) is 39.0 Å². The fourth-order valence-electron chi connectivity index (χ4n) is 2.36. The number of hydrogen-bond acceptors (Lipinski definition) is 4. The number of alkyl halides is 2. The van der Waals surface area contributed by atoms with E-state index in [1.807, 2.05) is 20.8 Å². The quantitative estimate of drug-likeness (QED) is 0.922. The molecule has 23 heavy (non-hydrogen) atoms. The van der Waals surface area contributed by atoms with E-state index in [0.717, 1.165) is 5.56 Å². The van der Waals surface area contributed by atoms with Gasteiger partial charge in [0.1, 0.15) is 11.4 Å². The third kappa shape index (κ3) is 4.79. The first-order chi connectivity index (χ1) is 10.7. The maximum atomic E-state index is 12.1. The summed E-state index contributed by atoms with van der Waals surface area (Å²) in [7, 11) is 0. The molecule has 7 heteroatoms. The maximum Gasteiger partial charge on any atom is 0.410 e. The Morgan fingerprint density at radius 3 is 2.30 bits per heavy atom. The van der Waals surface area contributed by atoms with Crippen molar-refractivity contribution in [2.24, 2.45) is 11.7 Å². The van der Waals surface area contributed by atoms with Crippen molar-refractivity contribution in [2.75, 3.05) is 13.1 Å². The molecule has 1 atom stereocenters. The smallest absolute Gasteiger partial charge is 0.410 e. The molecule has 1 aliphatic heterocycles. The molecule has 0 bridgehead atoms. The second kappa shape index (κ2) is 6.70. The number of hydrogen-bond donors (Lipinski definition) is 1. The lowest BCUT2D eigenvalue weighted by Gasteiger charge is -2.42. The minimum atomic E-state index is -2.84. The molecule has 1 aromatic carbocycles. The first-order valence-corrected chi connectivity index (χ1v) is 7.44. The number of carbonyl (C=O) groups is 1. The Balaban J connectivity index is 1.86. The Kier molecular flexibility index (Phi) is 5.09. The van der Waals surface area contributed by atoms with Crippen LogP contribution < -0.4 is 10.5 Å². The predicted octanol–water partition coefficient (Wildman–Crippen LogP) is 3.15. The van der Waals surface area contributed by atoms with Gasteiger partial charge in [0.2, 0.25) is 0 Å². The van der Waals surface area contributed by atoms with Gasteiger partial charge in [-0.3, -0.25) is 0 Å². The third-order valence-corrected chi connectivity index (χ3v) is 3.56. The number of ether oxygens (including phenoxy) is 2. The molecule has 0 radical (unpaired) electrons. The molecule has 0 unspecified atom stereocenters. The molecule has 1 heterocycles. The van der Waals surface area contributed by atoms with E-state index in [9.17, 15) is 13.6 Å². The van der Waals surface area contributed by atoms with E-state index in [4.69, 9.17) is 10.5 Å². The lowest BCUT2D eigenvalue weighted by molar-refractivity contribution is -0.0498. The number of likely N-dealkylation sites (tertiary alicyclic amines) is 1. The van der Waals surface area contributed by atoms with Crippen LogP contribution in [0.2, 0.25) is 0 Å². The van der Waals surface area contributed by atoms with Crippen molar-refractivity contribution in [1.82, 2.24) is 4.90 Å². The molecule has 2 N–H and O–H groups in total. The summed E-state index contributed by atoms with van der Waals surface area (Å²) in [5.74, 6) is 0.212. The van der Waals surface area contributed by atoms with Crippen LogP contribution in [-0.2, 0) is 4.74 Å². The van der Waals surface area contributed by atoms with Gasteiger partial charge in [-0.2, -0.15) is 8.78 Å². The average molecular weight is 328 g/mol. The summed E-state index contributed by atoms with van der Waals surface area (Å²) in [6.07, 6.45) is -0.346. The predicted molar refractivity (Wildman–Crippen MR) is 81.3 cm³/mol. The number of nitrogens with two attached hydrogens (primary N) is 1. The zero-order valence-electron chi connectivity index (χ0n) is 13.5. The second-order valence-electron chi connectivity index (χ2n) is 6.62. The van der Waals surface area contributed by atoms with Gasteiger partial charge in [0, 0.05) is 25.0 Å². The topological polar surface area (TPSA) is 64.8 Å². The van der Waals surface area contributed by atoms with Crippen LogP contribution in [0.4, 0.5) is 13.6 Å². The van der Waals surface area contributed by atoms with Crippen LogP contribution in [0, 0.1) is 5.92 Å². The normalized spacial score (nSPS) is 16.9. The Labute approximate surface area is 134 Å². The zero-order chi connectivity index (χ0) is 17.2. The van der Waals surface area contributed by atoms with Crippen LogP contribution in [-0.4, -0.2) is 36.3 Å². The Morgan fingerprint density at radius 1 is 1.26 bits per heavy atom. The maximum absolute atomic E-state index is 12.1. The van der Waals surface area contributed by atoms with Crippen LogP contribution in [0.1, 0.15) is 32.4 Å². The number of benzene rings is 1. The zero-order valence-corrected chi connectivity index (χ0v) is 13.5. The lowest BCUT2D eigenvalue weighted by atomic mass is 9.88. The Morgan fingerprint density at radius 2 is 1.83 bits per heavy atom. The molecule has 1 amide bonds. The molecule has 0 saturated carbocycles. The van der Waals surface area contributed by atoms with Crippen LogP contribution in [0.15, 0.2) is 24.3 Å². The van der Waals surface area contributed by atoms with Crippen molar-refractivity contribution < 1.29 is 23.0 Å². The fraction of sp³-hybridized carbons (Fsp3) is 0.562. The molecule has 0 aromatic heterocycles. The Hall–Kier alpha value is -1.89. The second-order valence-corrected chi connectivity index (χ2v) is 6.62. The van der Waals surface area contributed by atoms with Gasteiger partial charge in [-0.25, -0.2) is 4.79 Å². The number of amides is 1. The van der Waals surface area contributed by atoms with Crippen molar-refractivity contribution in [1.29, 1.82) is 0 Å². The van der Waals surface area contributed by atoms with E-state index in [1.165, 1.54) is 12.1 Å². The summed E-state index contributed by atoms with van der Waals surface area (Å²) < 4.78 is 33.8. The number of carbonyl (C=O) groups excluding carboxylic acids is 1. The van der Waals surface area contributed by atoms with Gasteiger partial charge >= 0.3 is 12.7 Å². The first kappa shape index (κ1) is 17.5. The molecule has 1 aromatic rings. The molecule has 128 valence electrons. The van der Waals surface area contributed by atoms with E-state index in [2.05, 4.69) is 4.74 Å². The van der Waals surface area contributed by atoms with Gasteiger partial charge in [0.25, 0.3) is 0 Å². The van der Waals surface area contributed by atoms with Crippen LogP contribution >= 0.6 is 0 Å². The van der Waals surface area contributed by atoms with E-state index in [1.54, 1.807) is 17.0 Å². The van der Waals surface area contributed by atoms with Gasteiger partial charge in [0.15, 0.2) is 0 Å². The minimum absolute atomic E-state index is 0.0972.